The number of urea groups is 1. The third kappa shape index (κ3) is 3.63. The Balaban J connectivity index is 2.17. The van der Waals surface area contributed by atoms with Crippen LogP contribution in [0.15, 0.2) is 18.2 Å². The lowest BCUT2D eigenvalue weighted by atomic mass is 10.1. The lowest BCUT2D eigenvalue weighted by molar-refractivity contribution is 0.0697. The summed E-state index contributed by atoms with van der Waals surface area (Å²) in [5.74, 6) is -0.746. The van der Waals surface area contributed by atoms with Crippen molar-refractivity contribution in [2.45, 2.75) is 18.9 Å². The van der Waals surface area contributed by atoms with Crippen LogP contribution in [0.25, 0.3) is 0 Å². The van der Waals surface area contributed by atoms with Gasteiger partial charge < -0.3 is 25.2 Å². The molecule has 0 aromatic heterocycles. The number of carboxylic acids is 1. The predicted octanol–water partition coefficient (Wildman–Crippen LogP) is 1.38. The maximum absolute atomic E-state index is 12.2. The molecule has 3 N–H and O–H groups in total. The molecule has 21 heavy (non-hydrogen) atoms. The normalized spacial score (nSPS) is 13.6. The Bertz CT molecular complexity index is 542. The minimum absolute atomic E-state index is 0.0394. The van der Waals surface area contributed by atoms with Crippen molar-refractivity contribution >= 4 is 17.7 Å². The highest BCUT2D eigenvalue weighted by Crippen LogP contribution is 2.28. The molecule has 0 aliphatic heterocycles. The quantitative estimate of drug-likeness (QED) is 0.736. The monoisotopic (exact) mass is 294 g/mol. The van der Waals surface area contributed by atoms with E-state index in [2.05, 4.69) is 5.32 Å². The van der Waals surface area contributed by atoms with Crippen molar-refractivity contribution in [1.82, 2.24) is 4.90 Å². The van der Waals surface area contributed by atoms with E-state index in [-0.39, 0.29) is 30.4 Å². The Labute approximate surface area is 122 Å². The summed E-state index contributed by atoms with van der Waals surface area (Å²) < 4.78 is 4.98. The van der Waals surface area contributed by atoms with Gasteiger partial charge >= 0.3 is 12.0 Å². The molecule has 2 rings (SSSR count). The molecule has 7 heteroatoms. The number of hydrogen-bond donors (Lipinski definition) is 3. The summed E-state index contributed by atoms with van der Waals surface area (Å²) in [7, 11) is 1.44. The number of carbonyl (C=O) groups excluding carboxylic acids is 1. The number of methoxy groups -OCH3 is 1. The van der Waals surface area contributed by atoms with Crippen LogP contribution >= 0.6 is 0 Å². The topological polar surface area (TPSA) is 99.1 Å². The molecule has 0 heterocycles. The SMILES string of the molecule is COc1ccc(NC(=O)N(CCO)C2CC2)c(C(=O)O)c1. The first kappa shape index (κ1) is 15.1. The second kappa shape index (κ2) is 6.45. The molecule has 0 saturated heterocycles. The average molecular weight is 294 g/mol. The maximum atomic E-state index is 12.2. The average Bonchev–Trinajstić information content (AvgIpc) is 3.29. The molecule has 0 radical (unpaired) electrons. The van der Waals surface area contributed by atoms with Crippen molar-refractivity contribution in [1.29, 1.82) is 0 Å². The van der Waals surface area contributed by atoms with Crippen LogP contribution in [0.4, 0.5) is 10.5 Å². The molecule has 1 aliphatic carbocycles. The van der Waals surface area contributed by atoms with Crippen LogP contribution in [0.3, 0.4) is 0 Å². The number of carbonyl (C=O) groups is 2. The molecule has 1 aromatic rings. The maximum Gasteiger partial charge on any atom is 0.337 e. The summed E-state index contributed by atoms with van der Waals surface area (Å²) >= 11 is 0. The second-order valence-corrected chi connectivity index (χ2v) is 4.79. The molecule has 0 bridgehead atoms. The smallest absolute Gasteiger partial charge is 0.337 e. The van der Waals surface area contributed by atoms with Crippen LogP contribution in [0.5, 0.6) is 5.75 Å². The van der Waals surface area contributed by atoms with Crippen molar-refractivity contribution in [3.05, 3.63) is 23.8 Å². The molecule has 1 saturated carbocycles. The van der Waals surface area contributed by atoms with Gasteiger partial charge in [-0.3, -0.25) is 0 Å². The summed E-state index contributed by atoms with van der Waals surface area (Å²) in [6.45, 7) is 0.105. The van der Waals surface area contributed by atoms with Crippen molar-refractivity contribution < 1.29 is 24.5 Å². The summed E-state index contributed by atoms with van der Waals surface area (Å²) in [6, 6.07) is 4.15. The Morgan fingerprint density at radius 3 is 2.67 bits per heavy atom. The van der Waals surface area contributed by atoms with Gasteiger partial charge in [0.25, 0.3) is 0 Å². The van der Waals surface area contributed by atoms with Crippen LogP contribution in [-0.2, 0) is 0 Å². The zero-order chi connectivity index (χ0) is 15.4. The molecule has 114 valence electrons. The molecule has 1 aliphatic rings. The van der Waals surface area contributed by atoms with E-state index in [0.29, 0.717) is 5.75 Å². The van der Waals surface area contributed by atoms with Crippen LogP contribution in [0.1, 0.15) is 23.2 Å². The van der Waals surface area contributed by atoms with E-state index in [1.807, 2.05) is 0 Å². The Hall–Kier alpha value is -2.28. The number of aromatic carboxylic acids is 1. The van der Waals surface area contributed by atoms with E-state index in [1.165, 1.54) is 24.1 Å². The molecular formula is C14H18N2O5. The van der Waals surface area contributed by atoms with Crippen molar-refractivity contribution in [2.75, 3.05) is 25.6 Å². The van der Waals surface area contributed by atoms with Crippen LogP contribution in [0.2, 0.25) is 0 Å². The van der Waals surface area contributed by atoms with Gasteiger partial charge in [-0.25, -0.2) is 9.59 Å². The number of carboxylic acid groups (broad SMARTS) is 1. The van der Waals surface area contributed by atoms with Gasteiger partial charge in [-0.1, -0.05) is 0 Å². The van der Waals surface area contributed by atoms with Crippen molar-refractivity contribution in [3.63, 3.8) is 0 Å². The first-order chi connectivity index (χ1) is 10.1. The lowest BCUT2D eigenvalue weighted by Gasteiger charge is -2.22. The summed E-state index contributed by atoms with van der Waals surface area (Å²) in [4.78, 5) is 25.0. The standard InChI is InChI=1S/C14H18N2O5/c1-21-10-4-5-12(11(8-10)13(18)19)15-14(20)16(6-7-17)9-2-3-9/h4-5,8-9,17H,2-3,6-7H2,1H3,(H,15,20)(H,18,19). The lowest BCUT2D eigenvalue weighted by Crippen LogP contribution is -2.39. The van der Waals surface area contributed by atoms with Gasteiger partial charge in [-0.15, -0.1) is 0 Å². The van der Waals surface area contributed by atoms with Gasteiger partial charge in [0.15, 0.2) is 0 Å². The Kier molecular flexibility index (Phi) is 4.64. The predicted molar refractivity (Wildman–Crippen MR) is 75.8 cm³/mol. The van der Waals surface area contributed by atoms with E-state index in [9.17, 15) is 14.7 Å². The van der Waals surface area contributed by atoms with E-state index >= 15 is 0 Å². The van der Waals surface area contributed by atoms with Gasteiger partial charge in [-0.2, -0.15) is 0 Å². The second-order valence-electron chi connectivity index (χ2n) is 4.79. The number of ether oxygens (including phenoxy) is 1. The van der Waals surface area contributed by atoms with E-state index in [4.69, 9.17) is 9.84 Å². The fourth-order valence-electron chi connectivity index (χ4n) is 2.07. The molecule has 2 amide bonds. The van der Waals surface area contributed by atoms with E-state index in [1.54, 1.807) is 6.07 Å². The van der Waals surface area contributed by atoms with Crippen molar-refractivity contribution in [2.24, 2.45) is 0 Å². The zero-order valence-corrected chi connectivity index (χ0v) is 11.7. The summed E-state index contributed by atoms with van der Waals surface area (Å²) in [5.41, 5.74) is 0.166. The number of aliphatic hydroxyl groups is 1. The number of amides is 2. The fourth-order valence-corrected chi connectivity index (χ4v) is 2.07. The Morgan fingerprint density at radius 1 is 1.43 bits per heavy atom. The summed E-state index contributed by atoms with van der Waals surface area (Å²) in [5, 5.41) is 20.8. The van der Waals surface area contributed by atoms with Gasteiger partial charge in [0.1, 0.15) is 5.75 Å². The Morgan fingerprint density at radius 2 is 2.14 bits per heavy atom. The largest absolute Gasteiger partial charge is 0.497 e. The fraction of sp³-hybridized carbons (Fsp3) is 0.429. The van der Waals surface area contributed by atoms with Crippen LogP contribution < -0.4 is 10.1 Å². The van der Waals surface area contributed by atoms with E-state index < -0.39 is 12.0 Å². The number of hydrogen-bond acceptors (Lipinski definition) is 4. The van der Waals surface area contributed by atoms with Crippen LogP contribution in [-0.4, -0.2) is 53.4 Å². The highest BCUT2D eigenvalue weighted by Gasteiger charge is 2.32. The van der Waals surface area contributed by atoms with Crippen molar-refractivity contribution in [3.8, 4) is 5.75 Å². The highest BCUT2D eigenvalue weighted by atomic mass is 16.5. The number of aliphatic hydroxyl groups excluding tert-OH is 1. The van der Waals surface area contributed by atoms with Gasteiger partial charge in [0, 0.05) is 12.6 Å². The minimum Gasteiger partial charge on any atom is -0.497 e. The molecule has 7 nitrogen and oxygen atoms in total. The number of nitrogens with zero attached hydrogens (tertiary/aromatic N) is 1. The van der Waals surface area contributed by atoms with Gasteiger partial charge in [-0.05, 0) is 31.0 Å². The third-order valence-corrected chi connectivity index (χ3v) is 3.29. The number of nitrogens with one attached hydrogen (secondary N) is 1. The number of anilines is 1. The first-order valence-corrected chi connectivity index (χ1v) is 6.66. The summed E-state index contributed by atoms with van der Waals surface area (Å²) in [6.07, 6.45) is 1.81. The number of benzene rings is 1. The molecule has 0 spiro atoms. The molecule has 1 fully saturated rings. The molecule has 0 unspecified atom stereocenters. The molecular weight excluding hydrogens is 276 g/mol. The molecule has 0 atom stereocenters. The zero-order valence-electron chi connectivity index (χ0n) is 11.7. The van der Waals surface area contributed by atoms with Crippen LogP contribution in [0, 0.1) is 0 Å². The van der Waals surface area contributed by atoms with Gasteiger partial charge in [0.05, 0.1) is 25.0 Å². The molecule has 1 aromatic carbocycles. The third-order valence-electron chi connectivity index (χ3n) is 3.29. The minimum atomic E-state index is -1.15. The first-order valence-electron chi connectivity index (χ1n) is 6.66. The van der Waals surface area contributed by atoms with E-state index in [0.717, 1.165) is 12.8 Å². The number of rotatable bonds is 6. The van der Waals surface area contributed by atoms with Gasteiger partial charge in [0.2, 0.25) is 0 Å². The highest BCUT2D eigenvalue weighted by molar-refractivity contribution is 6.00.